The number of nitrogens with one attached hydrogen (secondary N) is 2. The Kier molecular flexibility index (Phi) is 6.40. The van der Waals surface area contributed by atoms with Crippen LogP contribution in [0.2, 0.25) is 0 Å². The van der Waals surface area contributed by atoms with E-state index < -0.39 is 17.6 Å². The molecule has 0 spiro atoms. The second kappa shape index (κ2) is 9.25. The lowest BCUT2D eigenvalue weighted by molar-refractivity contribution is -0.147. The number of hydrogen-bond donors (Lipinski definition) is 3. The van der Waals surface area contributed by atoms with E-state index in [-0.39, 0.29) is 36.8 Å². The highest BCUT2D eigenvalue weighted by Gasteiger charge is 2.37. The van der Waals surface area contributed by atoms with Gasteiger partial charge in [0.25, 0.3) is 0 Å². The Hall–Kier alpha value is -3.35. The Morgan fingerprint density at radius 2 is 1.61 bits per heavy atom. The van der Waals surface area contributed by atoms with Gasteiger partial charge in [-0.25, -0.2) is 9.59 Å². The van der Waals surface area contributed by atoms with Gasteiger partial charge in [-0.1, -0.05) is 55.5 Å². The first-order valence-electron chi connectivity index (χ1n) is 11.5. The van der Waals surface area contributed by atoms with Crippen molar-refractivity contribution in [2.45, 2.75) is 57.0 Å². The minimum Gasteiger partial charge on any atom is -0.480 e. The molecule has 2 amide bonds. The van der Waals surface area contributed by atoms with Crippen molar-refractivity contribution < 1.29 is 24.2 Å². The summed E-state index contributed by atoms with van der Waals surface area (Å²) in [5, 5.41) is 14.8. The highest BCUT2D eigenvalue weighted by atomic mass is 16.5. The number of hydrogen-bond acceptors (Lipinski definition) is 4. The van der Waals surface area contributed by atoms with Crippen molar-refractivity contribution in [2.75, 3.05) is 6.61 Å². The van der Waals surface area contributed by atoms with E-state index in [0.29, 0.717) is 19.3 Å². The zero-order valence-electron chi connectivity index (χ0n) is 19.0. The number of alkyl carbamates (subject to hydrolysis) is 1. The van der Waals surface area contributed by atoms with Crippen molar-refractivity contribution in [3.05, 3.63) is 59.7 Å². The molecule has 1 unspecified atom stereocenters. The maximum absolute atomic E-state index is 12.4. The van der Waals surface area contributed by atoms with Gasteiger partial charge >= 0.3 is 12.1 Å². The van der Waals surface area contributed by atoms with Crippen molar-refractivity contribution in [2.24, 2.45) is 5.92 Å². The molecule has 1 fully saturated rings. The van der Waals surface area contributed by atoms with Crippen LogP contribution in [0.3, 0.4) is 0 Å². The number of carbonyl (C=O) groups is 3. The van der Waals surface area contributed by atoms with Crippen LogP contribution in [-0.4, -0.2) is 41.3 Å². The summed E-state index contributed by atoms with van der Waals surface area (Å²) in [6.45, 7) is 3.50. The van der Waals surface area contributed by atoms with Gasteiger partial charge in [-0.2, -0.15) is 0 Å². The molecule has 2 aliphatic rings. The summed E-state index contributed by atoms with van der Waals surface area (Å²) in [5.74, 6) is -1.17. The number of carboxylic acids is 1. The second-order valence-electron chi connectivity index (χ2n) is 9.25. The number of amides is 2. The standard InChI is InChI=1S/C26H30N2O5/c1-3-26(2,24(30)31)28-23(29)14-16-12-17(13-16)27-25(32)33-15-22-20-10-6-4-8-18(20)19-9-5-7-11-21(19)22/h4-11,16-17,22H,3,12-15H2,1-2H3,(H,27,32)(H,28,29)(H,30,31). The topological polar surface area (TPSA) is 105 Å². The van der Waals surface area contributed by atoms with Gasteiger partial charge in [0, 0.05) is 18.4 Å². The lowest BCUT2D eigenvalue weighted by atomic mass is 9.78. The van der Waals surface area contributed by atoms with Gasteiger partial charge in [-0.15, -0.1) is 0 Å². The third-order valence-corrected chi connectivity index (χ3v) is 6.97. The molecular weight excluding hydrogens is 420 g/mol. The molecule has 0 saturated heterocycles. The van der Waals surface area contributed by atoms with Crippen molar-refractivity contribution in [3.8, 4) is 11.1 Å². The molecule has 3 N–H and O–H groups in total. The van der Waals surface area contributed by atoms with Crippen LogP contribution in [0.4, 0.5) is 4.79 Å². The van der Waals surface area contributed by atoms with Gasteiger partial charge in [0.2, 0.25) is 5.91 Å². The Balaban J connectivity index is 1.23. The summed E-state index contributed by atoms with van der Waals surface area (Å²) in [7, 11) is 0. The summed E-state index contributed by atoms with van der Waals surface area (Å²) in [6.07, 6.45) is 1.46. The largest absolute Gasteiger partial charge is 0.480 e. The summed E-state index contributed by atoms with van der Waals surface area (Å²) in [4.78, 5) is 35.9. The van der Waals surface area contributed by atoms with Crippen molar-refractivity contribution >= 4 is 18.0 Å². The average molecular weight is 451 g/mol. The van der Waals surface area contributed by atoms with E-state index in [1.165, 1.54) is 29.2 Å². The first-order valence-corrected chi connectivity index (χ1v) is 11.5. The van der Waals surface area contributed by atoms with Gasteiger partial charge < -0.3 is 20.5 Å². The Morgan fingerprint density at radius 1 is 1.03 bits per heavy atom. The summed E-state index contributed by atoms with van der Waals surface area (Å²) in [6, 6.07) is 16.4. The van der Waals surface area contributed by atoms with Gasteiger partial charge in [0.1, 0.15) is 12.1 Å². The van der Waals surface area contributed by atoms with Gasteiger partial charge in [0.15, 0.2) is 0 Å². The highest BCUT2D eigenvalue weighted by molar-refractivity contribution is 5.86. The van der Waals surface area contributed by atoms with Crippen molar-refractivity contribution in [3.63, 3.8) is 0 Å². The molecule has 2 aromatic carbocycles. The molecule has 174 valence electrons. The van der Waals surface area contributed by atoms with Crippen molar-refractivity contribution in [1.82, 2.24) is 10.6 Å². The first kappa shape index (κ1) is 22.8. The van der Waals surface area contributed by atoms with Crippen LogP contribution in [0, 0.1) is 5.92 Å². The summed E-state index contributed by atoms with van der Waals surface area (Å²) >= 11 is 0. The SMILES string of the molecule is CCC(C)(NC(=O)CC1CC(NC(=O)OCC2c3ccccc3-c3ccccc32)C1)C(=O)O. The minimum atomic E-state index is -1.25. The van der Waals surface area contributed by atoms with Crippen LogP contribution in [-0.2, 0) is 14.3 Å². The molecule has 33 heavy (non-hydrogen) atoms. The molecule has 2 aromatic rings. The molecule has 0 bridgehead atoms. The van der Waals surface area contributed by atoms with Crippen LogP contribution < -0.4 is 10.6 Å². The monoisotopic (exact) mass is 450 g/mol. The minimum absolute atomic E-state index is 0.0168. The summed E-state index contributed by atoms with van der Waals surface area (Å²) in [5.41, 5.74) is 3.46. The maximum Gasteiger partial charge on any atom is 0.407 e. The molecule has 4 rings (SSSR count). The Bertz CT molecular complexity index is 1020. The van der Waals surface area contributed by atoms with E-state index in [0.717, 1.165) is 0 Å². The van der Waals surface area contributed by atoms with E-state index in [9.17, 15) is 19.5 Å². The molecule has 2 aliphatic carbocycles. The smallest absolute Gasteiger partial charge is 0.407 e. The average Bonchev–Trinajstić information content (AvgIpc) is 3.09. The maximum atomic E-state index is 12.4. The van der Waals surface area contributed by atoms with Gasteiger partial charge in [-0.05, 0) is 54.4 Å². The predicted molar refractivity (Wildman–Crippen MR) is 124 cm³/mol. The van der Waals surface area contributed by atoms with Crippen LogP contribution in [0.25, 0.3) is 11.1 Å². The fraction of sp³-hybridized carbons (Fsp3) is 0.423. The van der Waals surface area contributed by atoms with Crippen LogP contribution in [0.5, 0.6) is 0 Å². The molecular formula is C26H30N2O5. The quantitative estimate of drug-likeness (QED) is 0.563. The van der Waals surface area contributed by atoms with E-state index in [1.807, 2.05) is 24.3 Å². The van der Waals surface area contributed by atoms with E-state index in [2.05, 4.69) is 34.9 Å². The number of carbonyl (C=O) groups excluding carboxylic acids is 2. The Labute approximate surface area is 193 Å². The molecule has 0 aliphatic heterocycles. The number of benzene rings is 2. The third kappa shape index (κ3) is 4.72. The van der Waals surface area contributed by atoms with Gasteiger partial charge in [0.05, 0.1) is 0 Å². The number of fused-ring (bicyclic) bond motifs is 3. The lowest BCUT2D eigenvalue weighted by Crippen LogP contribution is -2.53. The highest BCUT2D eigenvalue weighted by Crippen LogP contribution is 2.44. The molecule has 0 heterocycles. The lowest BCUT2D eigenvalue weighted by Gasteiger charge is -2.36. The van der Waals surface area contributed by atoms with E-state index in [4.69, 9.17) is 4.74 Å². The predicted octanol–water partition coefficient (Wildman–Crippen LogP) is 4.06. The number of aliphatic carboxylic acids is 1. The molecule has 1 saturated carbocycles. The van der Waals surface area contributed by atoms with Crippen LogP contribution >= 0.6 is 0 Å². The number of ether oxygens (including phenoxy) is 1. The Morgan fingerprint density at radius 3 is 2.15 bits per heavy atom. The fourth-order valence-electron chi connectivity index (χ4n) is 4.74. The number of carboxylic acid groups (broad SMARTS) is 1. The normalized spacial score (nSPS) is 20.5. The molecule has 7 nitrogen and oxygen atoms in total. The van der Waals surface area contributed by atoms with Crippen LogP contribution in [0.15, 0.2) is 48.5 Å². The fourth-order valence-corrected chi connectivity index (χ4v) is 4.74. The molecule has 0 radical (unpaired) electrons. The second-order valence-corrected chi connectivity index (χ2v) is 9.25. The van der Waals surface area contributed by atoms with E-state index >= 15 is 0 Å². The van der Waals surface area contributed by atoms with Crippen LogP contribution in [0.1, 0.15) is 56.6 Å². The number of rotatable bonds is 8. The molecule has 0 aromatic heterocycles. The van der Waals surface area contributed by atoms with Gasteiger partial charge in [-0.3, -0.25) is 4.79 Å². The van der Waals surface area contributed by atoms with E-state index in [1.54, 1.807) is 6.92 Å². The zero-order chi connectivity index (χ0) is 23.6. The third-order valence-electron chi connectivity index (χ3n) is 6.97. The van der Waals surface area contributed by atoms with Crippen molar-refractivity contribution in [1.29, 1.82) is 0 Å². The first-order chi connectivity index (χ1) is 15.8. The molecule has 7 heteroatoms. The summed E-state index contributed by atoms with van der Waals surface area (Å²) < 4.78 is 5.57. The zero-order valence-corrected chi connectivity index (χ0v) is 19.0. The molecule has 1 atom stereocenters.